The summed E-state index contributed by atoms with van der Waals surface area (Å²) in [5.41, 5.74) is 0. The summed E-state index contributed by atoms with van der Waals surface area (Å²) in [6.45, 7) is 2.66. The van der Waals surface area contributed by atoms with Gasteiger partial charge >= 0.3 is 0 Å². The highest BCUT2D eigenvalue weighted by Crippen LogP contribution is 1.91. The van der Waals surface area contributed by atoms with Crippen LogP contribution in [0.25, 0.3) is 0 Å². The van der Waals surface area contributed by atoms with Gasteiger partial charge in [-0.2, -0.15) is 0 Å². The zero-order valence-electron chi connectivity index (χ0n) is 5.89. The third-order valence-corrected chi connectivity index (χ3v) is 1.18. The van der Waals surface area contributed by atoms with Crippen molar-refractivity contribution in [2.75, 3.05) is 13.7 Å². The first-order valence-electron chi connectivity index (χ1n) is 3.01. The van der Waals surface area contributed by atoms with Crippen molar-refractivity contribution in [1.29, 1.82) is 0 Å². The van der Waals surface area contributed by atoms with Crippen LogP contribution in [-0.2, 0) is 9.53 Å². The first-order valence-corrected chi connectivity index (χ1v) is 3.01. The zero-order chi connectivity index (χ0) is 7.11. The van der Waals surface area contributed by atoms with E-state index in [-0.39, 0.29) is 6.10 Å². The van der Waals surface area contributed by atoms with Crippen LogP contribution in [0.3, 0.4) is 0 Å². The fraction of sp³-hybridized carbons (Fsp3) is 0.833. The Kier molecular flexibility index (Phi) is 5.21. The van der Waals surface area contributed by atoms with Crippen molar-refractivity contribution in [2.24, 2.45) is 0 Å². The normalized spacial score (nSPS) is 12.7. The van der Waals surface area contributed by atoms with E-state index in [4.69, 9.17) is 4.74 Å². The van der Waals surface area contributed by atoms with Gasteiger partial charge in [0.25, 0.3) is 0 Å². The van der Waals surface area contributed by atoms with Gasteiger partial charge in [-0.05, 0) is 13.3 Å². The van der Waals surface area contributed by atoms with Gasteiger partial charge in [0, 0.05) is 13.7 Å². The van der Waals surface area contributed by atoms with Crippen LogP contribution >= 0.6 is 0 Å². The largest absolute Gasteiger partial charge is 0.382 e. The second-order valence-corrected chi connectivity index (χ2v) is 1.91. The van der Waals surface area contributed by atoms with Crippen LogP contribution < -0.4 is 5.32 Å². The molecule has 0 aromatic rings. The fourth-order valence-electron chi connectivity index (χ4n) is 0.463. The SMILES string of the molecule is COC(C)CCNC=O. The number of carbonyl (C=O) groups excluding carboxylic acids is 1. The highest BCUT2D eigenvalue weighted by molar-refractivity contribution is 5.45. The van der Waals surface area contributed by atoms with Gasteiger partial charge in [-0.25, -0.2) is 0 Å². The van der Waals surface area contributed by atoms with Crippen LogP contribution in [0.2, 0.25) is 0 Å². The van der Waals surface area contributed by atoms with Gasteiger partial charge in [-0.15, -0.1) is 0 Å². The Morgan fingerprint density at radius 3 is 2.89 bits per heavy atom. The van der Waals surface area contributed by atoms with Gasteiger partial charge in [-0.1, -0.05) is 0 Å². The zero-order valence-corrected chi connectivity index (χ0v) is 5.89. The summed E-state index contributed by atoms with van der Waals surface area (Å²) < 4.78 is 4.94. The Bertz CT molecular complexity index is 75.5. The third-order valence-electron chi connectivity index (χ3n) is 1.18. The molecule has 0 spiro atoms. The van der Waals surface area contributed by atoms with Crippen LogP contribution in [0.1, 0.15) is 13.3 Å². The average molecular weight is 131 g/mol. The highest BCUT2D eigenvalue weighted by Gasteiger charge is 1.95. The van der Waals surface area contributed by atoms with Gasteiger partial charge < -0.3 is 10.1 Å². The van der Waals surface area contributed by atoms with Gasteiger partial charge in [0.15, 0.2) is 0 Å². The number of hydrogen-bond acceptors (Lipinski definition) is 2. The van der Waals surface area contributed by atoms with Crippen molar-refractivity contribution in [2.45, 2.75) is 19.4 Å². The van der Waals surface area contributed by atoms with E-state index in [9.17, 15) is 4.79 Å². The van der Waals surface area contributed by atoms with Crippen molar-refractivity contribution in [3.05, 3.63) is 0 Å². The van der Waals surface area contributed by atoms with Crippen molar-refractivity contribution in [3.8, 4) is 0 Å². The number of carbonyl (C=O) groups is 1. The molecule has 0 bridgehead atoms. The molecule has 0 aliphatic rings. The molecule has 0 saturated carbocycles. The van der Waals surface area contributed by atoms with E-state index in [1.165, 1.54) is 0 Å². The lowest BCUT2D eigenvalue weighted by Crippen LogP contribution is -2.18. The molecule has 0 rings (SSSR count). The van der Waals surface area contributed by atoms with E-state index in [1.807, 2.05) is 6.92 Å². The van der Waals surface area contributed by atoms with Crippen LogP contribution in [0, 0.1) is 0 Å². The van der Waals surface area contributed by atoms with Gasteiger partial charge in [-0.3, -0.25) is 4.79 Å². The summed E-state index contributed by atoms with van der Waals surface area (Å²) in [5, 5.41) is 2.55. The molecule has 54 valence electrons. The molecule has 0 aliphatic carbocycles. The van der Waals surface area contributed by atoms with Crippen LogP contribution in [-0.4, -0.2) is 26.2 Å². The predicted octanol–water partition coefficient (Wildman–Crippen LogP) is 0.157. The maximum atomic E-state index is 9.72. The number of hydrogen-bond donors (Lipinski definition) is 1. The number of nitrogens with one attached hydrogen (secondary N) is 1. The summed E-state index contributed by atoms with van der Waals surface area (Å²) in [7, 11) is 1.66. The quantitative estimate of drug-likeness (QED) is 0.426. The summed E-state index contributed by atoms with van der Waals surface area (Å²) in [5.74, 6) is 0. The minimum absolute atomic E-state index is 0.234. The van der Waals surface area contributed by atoms with E-state index in [1.54, 1.807) is 7.11 Å². The molecule has 1 atom stereocenters. The Morgan fingerprint density at radius 2 is 2.44 bits per heavy atom. The molecule has 0 aliphatic heterocycles. The second-order valence-electron chi connectivity index (χ2n) is 1.91. The van der Waals surface area contributed by atoms with Gasteiger partial charge in [0.05, 0.1) is 6.10 Å². The number of methoxy groups -OCH3 is 1. The highest BCUT2D eigenvalue weighted by atomic mass is 16.5. The van der Waals surface area contributed by atoms with Crippen LogP contribution in [0.5, 0.6) is 0 Å². The summed E-state index contributed by atoms with van der Waals surface area (Å²) in [6, 6.07) is 0. The Balaban J connectivity index is 2.96. The van der Waals surface area contributed by atoms with Crippen molar-refractivity contribution >= 4 is 6.41 Å². The van der Waals surface area contributed by atoms with Crippen LogP contribution in [0.4, 0.5) is 0 Å². The number of ether oxygens (including phenoxy) is 1. The van der Waals surface area contributed by atoms with E-state index < -0.39 is 0 Å². The van der Waals surface area contributed by atoms with E-state index in [2.05, 4.69) is 5.32 Å². The van der Waals surface area contributed by atoms with Crippen molar-refractivity contribution in [1.82, 2.24) is 5.32 Å². The molecule has 1 N–H and O–H groups in total. The molecule has 0 heterocycles. The first kappa shape index (κ1) is 8.43. The third kappa shape index (κ3) is 5.30. The molecule has 0 fully saturated rings. The van der Waals surface area contributed by atoms with Gasteiger partial charge in [0.2, 0.25) is 6.41 Å². The predicted molar refractivity (Wildman–Crippen MR) is 35.2 cm³/mol. The summed E-state index contributed by atoms with van der Waals surface area (Å²) >= 11 is 0. The molecule has 1 unspecified atom stereocenters. The van der Waals surface area contributed by atoms with Crippen LogP contribution in [0.15, 0.2) is 0 Å². The first-order chi connectivity index (χ1) is 4.31. The second kappa shape index (κ2) is 5.56. The number of rotatable bonds is 5. The topological polar surface area (TPSA) is 38.3 Å². The van der Waals surface area contributed by atoms with E-state index >= 15 is 0 Å². The Morgan fingerprint density at radius 1 is 1.78 bits per heavy atom. The molecule has 0 radical (unpaired) electrons. The molecule has 3 heteroatoms. The lowest BCUT2D eigenvalue weighted by molar-refractivity contribution is -0.109. The van der Waals surface area contributed by atoms with Gasteiger partial charge in [0.1, 0.15) is 0 Å². The average Bonchev–Trinajstić information content (AvgIpc) is 1.89. The molecular formula is C6H13NO2. The molecule has 1 amide bonds. The number of amides is 1. The molecule has 0 saturated heterocycles. The monoisotopic (exact) mass is 131 g/mol. The summed E-state index contributed by atoms with van der Waals surface area (Å²) in [4.78, 5) is 9.72. The lowest BCUT2D eigenvalue weighted by Gasteiger charge is -2.06. The minimum atomic E-state index is 0.234. The molecule has 9 heavy (non-hydrogen) atoms. The smallest absolute Gasteiger partial charge is 0.207 e. The summed E-state index contributed by atoms with van der Waals surface area (Å²) in [6.07, 6.45) is 1.80. The molecule has 0 aromatic carbocycles. The lowest BCUT2D eigenvalue weighted by atomic mass is 10.3. The molecule has 3 nitrogen and oxygen atoms in total. The van der Waals surface area contributed by atoms with Crippen molar-refractivity contribution < 1.29 is 9.53 Å². The maximum Gasteiger partial charge on any atom is 0.207 e. The fourth-order valence-corrected chi connectivity index (χ4v) is 0.463. The minimum Gasteiger partial charge on any atom is -0.382 e. The standard InChI is InChI=1S/C6H13NO2/c1-6(9-2)3-4-7-5-8/h5-6H,3-4H2,1-2H3,(H,7,8). The molecule has 0 aromatic heterocycles. The molecular weight excluding hydrogens is 118 g/mol. The van der Waals surface area contributed by atoms with E-state index in [0.29, 0.717) is 13.0 Å². The Labute approximate surface area is 55.4 Å². The van der Waals surface area contributed by atoms with E-state index in [0.717, 1.165) is 6.42 Å². The maximum absolute atomic E-state index is 9.72. The van der Waals surface area contributed by atoms with Crippen molar-refractivity contribution in [3.63, 3.8) is 0 Å². The Hall–Kier alpha value is -0.570.